The average molecular weight is 241 g/mol. The van der Waals surface area contributed by atoms with Gasteiger partial charge >= 0.3 is 12.3 Å². The molecule has 1 atom stereocenters. The van der Waals surface area contributed by atoms with Gasteiger partial charge in [0.2, 0.25) is 0 Å². The molecule has 1 aliphatic rings. The molecular formula is C9H14F3NO3. The third kappa shape index (κ3) is 3.97. The third-order valence-electron chi connectivity index (χ3n) is 2.49. The molecule has 94 valence electrons. The lowest BCUT2D eigenvalue weighted by Crippen LogP contribution is -2.50. The zero-order chi connectivity index (χ0) is 12.2. The fourth-order valence-electron chi connectivity index (χ4n) is 1.79. The molecule has 0 radical (unpaired) electrons. The Hall–Kier alpha value is -0.820. The first-order chi connectivity index (χ1) is 7.41. The van der Waals surface area contributed by atoms with Crippen molar-refractivity contribution >= 4 is 5.97 Å². The molecule has 0 amide bonds. The lowest BCUT2D eigenvalue weighted by molar-refractivity contribution is -0.267. The predicted octanol–water partition coefficient (Wildman–Crippen LogP) is 1.46. The van der Waals surface area contributed by atoms with E-state index in [1.165, 1.54) is 0 Å². The molecule has 0 spiro atoms. The number of carboxylic acid groups (broad SMARTS) is 1. The van der Waals surface area contributed by atoms with Gasteiger partial charge in [-0.1, -0.05) is 6.42 Å². The van der Waals surface area contributed by atoms with Crippen LogP contribution in [0.15, 0.2) is 0 Å². The third-order valence-corrected chi connectivity index (χ3v) is 2.49. The summed E-state index contributed by atoms with van der Waals surface area (Å²) in [4.78, 5) is 10.6. The number of hydrogen-bond donors (Lipinski definition) is 1. The number of rotatable bonds is 4. The zero-order valence-corrected chi connectivity index (χ0v) is 8.66. The normalized spacial score (nSPS) is 23.3. The van der Waals surface area contributed by atoms with Crippen LogP contribution in [0.25, 0.3) is 0 Å². The number of ether oxygens (including phenoxy) is 1. The molecular weight excluding hydrogens is 227 g/mol. The fraction of sp³-hybridized carbons (Fsp3) is 0.889. The Morgan fingerprint density at radius 3 is 2.69 bits per heavy atom. The van der Waals surface area contributed by atoms with Crippen molar-refractivity contribution in [1.82, 2.24) is 4.90 Å². The largest absolute Gasteiger partial charge is 0.480 e. The highest BCUT2D eigenvalue weighted by Gasteiger charge is 2.42. The molecule has 1 heterocycles. The van der Waals surface area contributed by atoms with Gasteiger partial charge in [-0.05, 0) is 12.8 Å². The van der Waals surface area contributed by atoms with Crippen LogP contribution in [0.5, 0.6) is 0 Å². The van der Waals surface area contributed by atoms with Crippen LogP contribution in [0, 0.1) is 0 Å². The average Bonchev–Trinajstić information content (AvgIpc) is 2.16. The van der Waals surface area contributed by atoms with Crippen LogP contribution >= 0.6 is 0 Å². The van der Waals surface area contributed by atoms with Gasteiger partial charge in [0.15, 0.2) is 0 Å². The van der Waals surface area contributed by atoms with Crippen molar-refractivity contribution in [3.8, 4) is 0 Å². The maximum absolute atomic E-state index is 12.5. The van der Waals surface area contributed by atoms with Crippen molar-refractivity contribution in [1.29, 1.82) is 0 Å². The minimum absolute atomic E-state index is 0.0371. The predicted molar refractivity (Wildman–Crippen MR) is 48.9 cm³/mol. The lowest BCUT2D eigenvalue weighted by Gasteiger charge is -2.36. The van der Waals surface area contributed by atoms with Gasteiger partial charge in [0.1, 0.15) is 6.61 Å². The van der Waals surface area contributed by atoms with E-state index in [2.05, 4.69) is 0 Å². The maximum Gasteiger partial charge on any atom is 0.460 e. The standard InChI is InChI=1S/C9H14F3NO3/c10-9(11,12)13-4-2-1-3-7(13)5-16-6-8(14)15/h7H,1-6H2,(H,14,15). The molecule has 0 aliphatic carbocycles. The molecule has 4 nitrogen and oxygen atoms in total. The molecule has 0 aromatic rings. The molecule has 1 unspecified atom stereocenters. The van der Waals surface area contributed by atoms with Crippen molar-refractivity contribution in [2.75, 3.05) is 19.8 Å². The molecule has 1 aliphatic heterocycles. The Labute approximate surface area is 91.0 Å². The van der Waals surface area contributed by atoms with Gasteiger partial charge < -0.3 is 9.84 Å². The van der Waals surface area contributed by atoms with Crippen molar-refractivity contribution < 1.29 is 27.8 Å². The minimum Gasteiger partial charge on any atom is -0.480 e. The Morgan fingerprint density at radius 2 is 2.12 bits per heavy atom. The summed E-state index contributed by atoms with van der Waals surface area (Å²) in [7, 11) is 0. The number of hydrogen-bond acceptors (Lipinski definition) is 3. The van der Waals surface area contributed by atoms with E-state index in [1.807, 2.05) is 0 Å². The maximum atomic E-state index is 12.5. The number of alkyl halides is 3. The highest BCUT2D eigenvalue weighted by atomic mass is 19.4. The smallest absolute Gasteiger partial charge is 0.460 e. The second-order valence-corrected chi connectivity index (χ2v) is 3.72. The monoisotopic (exact) mass is 241 g/mol. The summed E-state index contributed by atoms with van der Waals surface area (Å²) in [5.41, 5.74) is 0. The highest BCUT2D eigenvalue weighted by molar-refractivity contribution is 5.67. The van der Waals surface area contributed by atoms with E-state index in [9.17, 15) is 18.0 Å². The van der Waals surface area contributed by atoms with E-state index in [-0.39, 0.29) is 13.2 Å². The highest BCUT2D eigenvalue weighted by Crippen LogP contribution is 2.29. The molecule has 7 heteroatoms. The Balaban J connectivity index is 2.44. The number of carboxylic acids is 1. The second kappa shape index (κ2) is 5.49. The Kier molecular flexibility index (Phi) is 4.55. The van der Waals surface area contributed by atoms with Crippen LogP contribution in [-0.2, 0) is 9.53 Å². The summed E-state index contributed by atoms with van der Waals surface area (Å²) in [6.45, 7) is -0.779. The molecule has 0 saturated carbocycles. The van der Waals surface area contributed by atoms with Gasteiger partial charge in [-0.25, -0.2) is 9.69 Å². The van der Waals surface area contributed by atoms with Crippen molar-refractivity contribution in [3.63, 3.8) is 0 Å². The molecule has 1 fully saturated rings. The SMILES string of the molecule is O=C(O)COCC1CCCCN1C(F)(F)F. The molecule has 1 rings (SSSR count). The molecule has 1 N–H and O–H groups in total. The summed E-state index contributed by atoms with van der Waals surface area (Å²) in [5, 5.41) is 8.31. The number of carbonyl (C=O) groups is 1. The van der Waals surface area contributed by atoms with E-state index >= 15 is 0 Å². The van der Waals surface area contributed by atoms with Crippen LogP contribution in [0.1, 0.15) is 19.3 Å². The van der Waals surface area contributed by atoms with E-state index in [1.54, 1.807) is 0 Å². The van der Waals surface area contributed by atoms with Gasteiger partial charge in [-0.3, -0.25) is 0 Å². The van der Waals surface area contributed by atoms with Crippen LogP contribution in [-0.4, -0.2) is 48.1 Å². The van der Waals surface area contributed by atoms with Gasteiger partial charge in [-0.15, -0.1) is 0 Å². The summed E-state index contributed by atoms with van der Waals surface area (Å²) < 4.78 is 42.3. The van der Waals surface area contributed by atoms with E-state index in [0.717, 1.165) is 0 Å². The topological polar surface area (TPSA) is 49.8 Å². The van der Waals surface area contributed by atoms with E-state index < -0.39 is 24.9 Å². The summed E-state index contributed by atoms with van der Waals surface area (Å²) in [5.74, 6) is -1.17. The molecule has 0 aromatic carbocycles. The van der Waals surface area contributed by atoms with Crippen LogP contribution in [0.4, 0.5) is 13.2 Å². The molecule has 1 saturated heterocycles. The Morgan fingerprint density at radius 1 is 1.44 bits per heavy atom. The van der Waals surface area contributed by atoms with Gasteiger partial charge in [0, 0.05) is 12.6 Å². The first-order valence-corrected chi connectivity index (χ1v) is 5.04. The van der Waals surface area contributed by atoms with E-state index in [0.29, 0.717) is 24.2 Å². The number of halogens is 3. The van der Waals surface area contributed by atoms with Crippen molar-refractivity contribution in [2.45, 2.75) is 31.6 Å². The molecule has 0 bridgehead atoms. The van der Waals surface area contributed by atoms with Crippen LogP contribution in [0.3, 0.4) is 0 Å². The number of nitrogens with zero attached hydrogens (tertiary/aromatic N) is 1. The van der Waals surface area contributed by atoms with E-state index in [4.69, 9.17) is 9.84 Å². The summed E-state index contributed by atoms with van der Waals surface area (Å²) >= 11 is 0. The van der Waals surface area contributed by atoms with Gasteiger partial charge in [-0.2, -0.15) is 13.2 Å². The number of aliphatic carboxylic acids is 1. The summed E-state index contributed by atoms with van der Waals surface area (Å²) in [6, 6.07) is -0.756. The van der Waals surface area contributed by atoms with Crippen LogP contribution < -0.4 is 0 Å². The van der Waals surface area contributed by atoms with Crippen molar-refractivity contribution in [3.05, 3.63) is 0 Å². The zero-order valence-electron chi connectivity index (χ0n) is 8.66. The first kappa shape index (κ1) is 13.2. The lowest BCUT2D eigenvalue weighted by atomic mass is 10.0. The van der Waals surface area contributed by atoms with Crippen molar-refractivity contribution in [2.24, 2.45) is 0 Å². The number of likely N-dealkylation sites (tertiary alicyclic amines) is 1. The number of piperidine rings is 1. The minimum atomic E-state index is -4.36. The van der Waals surface area contributed by atoms with Gasteiger partial charge in [0.25, 0.3) is 0 Å². The summed E-state index contributed by atoms with van der Waals surface area (Å²) in [6.07, 6.45) is -2.75. The molecule has 16 heavy (non-hydrogen) atoms. The van der Waals surface area contributed by atoms with Crippen LogP contribution in [0.2, 0.25) is 0 Å². The fourth-order valence-corrected chi connectivity index (χ4v) is 1.79. The quantitative estimate of drug-likeness (QED) is 0.757. The first-order valence-electron chi connectivity index (χ1n) is 5.04. The Bertz CT molecular complexity index is 245. The van der Waals surface area contributed by atoms with Gasteiger partial charge in [0.05, 0.1) is 6.61 Å². The second-order valence-electron chi connectivity index (χ2n) is 3.72. The molecule has 0 aromatic heterocycles.